The van der Waals surface area contributed by atoms with Crippen LogP contribution in [0.5, 0.6) is 0 Å². The summed E-state index contributed by atoms with van der Waals surface area (Å²) in [6, 6.07) is 6.02. The third-order valence-electron chi connectivity index (χ3n) is 5.62. The molecule has 0 atom stereocenters. The van der Waals surface area contributed by atoms with Crippen LogP contribution >= 0.6 is 0 Å². The molecule has 0 bridgehead atoms. The van der Waals surface area contributed by atoms with Crippen molar-refractivity contribution in [3.8, 4) is 0 Å². The maximum Gasteiger partial charge on any atom is 0.220 e. The molecule has 1 saturated heterocycles. The summed E-state index contributed by atoms with van der Waals surface area (Å²) >= 11 is 0. The highest BCUT2D eigenvalue weighted by Gasteiger charge is 2.15. The molecule has 3 aromatic rings. The van der Waals surface area contributed by atoms with Gasteiger partial charge in [0.15, 0.2) is 5.65 Å². The molecule has 1 aliphatic heterocycles. The van der Waals surface area contributed by atoms with Gasteiger partial charge < -0.3 is 10.2 Å². The summed E-state index contributed by atoms with van der Waals surface area (Å²) in [5.41, 5.74) is 6.00. The maximum absolute atomic E-state index is 12.4. The summed E-state index contributed by atoms with van der Waals surface area (Å²) in [6.45, 7) is 8.66. The molecule has 7 nitrogen and oxygen atoms in total. The number of amides is 1. The minimum Gasteiger partial charge on any atom is -0.357 e. The Labute approximate surface area is 171 Å². The van der Waals surface area contributed by atoms with Crippen molar-refractivity contribution in [1.82, 2.24) is 24.9 Å². The SMILES string of the molecule is Cc1cc2nc(C)c(CCC(=O)NCc3ccnc(N4CCCC4)c3)c(C)n2n1. The minimum absolute atomic E-state index is 0.0417. The number of pyridine rings is 1. The third kappa shape index (κ3) is 4.23. The highest BCUT2D eigenvalue weighted by Crippen LogP contribution is 2.19. The van der Waals surface area contributed by atoms with E-state index in [1.807, 2.05) is 43.6 Å². The summed E-state index contributed by atoms with van der Waals surface area (Å²) in [6.07, 6.45) is 5.36. The van der Waals surface area contributed by atoms with Gasteiger partial charge in [0.25, 0.3) is 0 Å². The zero-order chi connectivity index (χ0) is 20.4. The van der Waals surface area contributed by atoms with Gasteiger partial charge in [-0.05, 0) is 63.3 Å². The molecule has 1 fully saturated rings. The first-order valence-corrected chi connectivity index (χ1v) is 10.3. The Morgan fingerprint density at radius 2 is 1.97 bits per heavy atom. The van der Waals surface area contributed by atoms with Crippen LogP contribution in [0.4, 0.5) is 5.82 Å². The molecule has 4 rings (SSSR count). The van der Waals surface area contributed by atoms with E-state index in [1.54, 1.807) is 0 Å². The predicted molar refractivity (Wildman–Crippen MR) is 113 cm³/mol. The topological polar surface area (TPSA) is 75.4 Å². The molecular formula is C22H28N6O. The molecule has 1 aliphatic rings. The molecule has 29 heavy (non-hydrogen) atoms. The largest absolute Gasteiger partial charge is 0.357 e. The molecule has 7 heteroatoms. The van der Waals surface area contributed by atoms with E-state index in [4.69, 9.17) is 0 Å². The maximum atomic E-state index is 12.4. The average molecular weight is 393 g/mol. The van der Waals surface area contributed by atoms with E-state index in [0.29, 0.717) is 19.4 Å². The van der Waals surface area contributed by atoms with Crippen molar-refractivity contribution in [2.75, 3.05) is 18.0 Å². The van der Waals surface area contributed by atoms with E-state index in [1.165, 1.54) is 12.8 Å². The Bertz CT molecular complexity index is 1040. The molecule has 3 aromatic heterocycles. The number of anilines is 1. The van der Waals surface area contributed by atoms with Crippen molar-refractivity contribution < 1.29 is 4.79 Å². The zero-order valence-corrected chi connectivity index (χ0v) is 17.4. The molecule has 0 saturated carbocycles. The minimum atomic E-state index is 0.0417. The number of aromatic nitrogens is 4. The molecule has 0 unspecified atom stereocenters. The predicted octanol–water partition coefficient (Wildman–Crippen LogP) is 2.90. The molecular weight excluding hydrogens is 364 g/mol. The Hall–Kier alpha value is -2.96. The Morgan fingerprint density at radius 3 is 2.76 bits per heavy atom. The summed E-state index contributed by atoms with van der Waals surface area (Å²) in [7, 11) is 0. The molecule has 0 radical (unpaired) electrons. The van der Waals surface area contributed by atoms with Gasteiger partial charge in [0, 0.05) is 49.7 Å². The molecule has 0 spiro atoms. The van der Waals surface area contributed by atoms with Crippen molar-refractivity contribution in [2.45, 2.75) is 53.0 Å². The molecule has 0 aliphatic carbocycles. The highest BCUT2D eigenvalue weighted by atomic mass is 16.1. The van der Waals surface area contributed by atoms with Gasteiger partial charge in [0.2, 0.25) is 5.91 Å². The van der Waals surface area contributed by atoms with Crippen molar-refractivity contribution in [3.05, 3.63) is 52.6 Å². The van der Waals surface area contributed by atoms with Crippen LogP contribution < -0.4 is 10.2 Å². The zero-order valence-electron chi connectivity index (χ0n) is 17.4. The van der Waals surface area contributed by atoms with Gasteiger partial charge in [-0.3, -0.25) is 4.79 Å². The van der Waals surface area contributed by atoms with Crippen molar-refractivity contribution in [2.24, 2.45) is 0 Å². The van der Waals surface area contributed by atoms with Gasteiger partial charge in [-0.2, -0.15) is 5.10 Å². The fraction of sp³-hybridized carbons (Fsp3) is 0.455. The monoisotopic (exact) mass is 392 g/mol. The van der Waals surface area contributed by atoms with Crippen LogP contribution in [0.1, 0.15) is 47.5 Å². The number of carbonyl (C=O) groups is 1. The van der Waals surface area contributed by atoms with E-state index in [0.717, 1.165) is 52.8 Å². The van der Waals surface area contributed by atoms with Crippen LogP contribution in [0.25, 0.3) is 5.65 Å². The molecule has 152 valence electrons. The lowest BCUT2D eigenvalue weighted by Gasteiger charge is -2.17. The van der Waals surface area contributed by atoms with Crippen molar-refractivity contribution >= 4 is 17.4 Å². The lowest BCUT2D eigenvalue weighted by Crippen LogP contribution is -2.24. The molecule has 4 heterocycles. The van der Waals surface area contributed by atoms with E-state index in [-0.39, 0.29) is 5.91 Å². The quantitative estimate of drug-likeness (QED) is 0.698. The first kappa shape index (κ1) is 19.4. The fourth-order valence-corrected chi connectivity index (χ4v) is 4.02. The lowest BCUT2D eigenvalue weighted by molar-refractivity contribution is -0.121. The van der Waals surface area contributed by atoms with Gasteiger partial charge in [-0.25, -0.2) is 14.5 Å². The van der Waals surface area contributed by atoms with Crippen molar-refractivity contribution in [1.29, 1.82) is 0 Å². The van der Waals surface area contributed by atoms with Crippen LogP contribution in [0.2, 0.25) is 0 Å². The van der Waals surface area contributed by atoms with Crippen molar-refractivity contribution in [3.63, 3.8) is 0 Å². The second-order valence-electron chi connectivity index (χ2n) is 7.81. The lowest BCUT2D eigenvalue weighted by atomic mass is 10.1. The van der Waals surface area contributed by atoms with E-state index in [9.17, 15) is 4.79 Å². The van der Waals surface area contributed by atoms with Crippen LogP contribution in [0.3, 0.4) is 0 Å². The Morgan fingerprint density at radius 1 is 1.17 bits per heavy atom. The third-order valence-corrected chi connectivity index (χ3v) is 5.62. The standard InChI is InChI=1S/C22H28N6O/c1-15-12-21-25-16(2)19(17(3)28(21)26-15)6-7-22(29)24-14-18-8-9-23-20(13-18)27-10-4-5-11-27/h8-9,12-13H,4-7,10-11,14H2,1-3H3,(H,24,29). The summed E-state index contributed by atoms with van der Waals surface area (Å²) in [4.78, 5) is 23.8. The summed E-state index contributed by atoms with van der Waals surface area (Å²) < 4.78 is 1.87. The average Bonchev–Trinajstić information content (AvgIpc) is 3.36. The Balaban J connectivity index is 1.36. The fourth-order valence-electron chi connectivity index (χ4n) is 4.02. The normalized spacial score (nSPS) is 14.0. The first-order valence-electron chi connectivity index (χ1n) is 10.3. The number of rotatable bonds is 6. The number of aryl methyl sites for hydroxylation is 3. The second kappa shape index (κ2) is 8.19. The number of nitrogens with zero attached hydrogens (tertiary/aromatic N) is 5. The van der Waals surface area contributed by atoms with Crippen LogP contribution in [0.15, 0.2) is 24.4 Å². The summed E-state index contributed by atoms with van der Waals surface area (Å²) in [5, 5.41) is 7.54. The van der Waals surface area contributed by atoms with Gasteiger partial charge in [0.1, 0.15) is 5.82 Å². The van der Waals surface area contributed by atoms with Crippen LogP contribution in [-0.2, 0) is 17.8 Å². The van der Waals surface area contributed by atoms with Gasteiger partial charge in [-0.15, -0.1) is 0 Å². The van der Waals surface area contributed by atoms with E-state index in [2.05, 4.69) is 31.3 Å². The number of hydrogen-bond acceptors (Lipinski definition) is 5. The number of hydrogen-bond donors (Lipinski definition) is 1. The van der Waals surface area contributed by atoms with Gasteiger partial charge in [0.05, 0.1) is 5.69 Å². The highest BCUT2D eigenvalue weighted by molar-refractivity contribution is 5.76. The van der Waals surface area contributed by atoms with E-state index >= 15 is 0 Å². The van der Waals surface area contributed by atoms with Crippen LogP contribution in [0, 0.1) is 20.8 Å². The molecule has 0 aromatic carbocycles. The number of nitrogens with one attached hydrogen (secondary N) is 1. The number of fused-ring (bicyclic) bond motifs is 1. The van der Waals surface area contributed by atoms with Crippen LogP contribution in [-0.4, -0.2) is 38.6 Å². The smallest absolute Gasteiger partial charge is 0.220 e. The Kier molecular flexibility index (Phi) is 5.47. The number of carbonyl (C=O) groups excluding carboxylic acids is 1. The summed E-state index contributed by atoms with van der Waals surface area (Å²) in [5.74, 6) is 1.05. The molecule has 1 N–H and O–H groups in total. The van der Waals surface area contributed by atoms with E-state index < -0.39 is 0 Å². The van der Waals surface area contributed by atoms with Gasteiger partial charge >= 0.3 is 0 Å². The molecule has 1 amide bonds. The first-order chi connectivity index (χ1) is 14.0. The second-order valence-corrected chi connectivity index (χ2v) is 7.81. The van der Waals surface area contributed by atoms with Gasteiger partial charge in [-0.1, -0.05) is 0 Å².